The molecule has 31 heavy (non-hydrogen) atoms. The average Bonchev–Trinajstić information content (AvgIpc) is 3.40. The van der Waals surface area contributed by atoms with Crippen LogP contribution in [0.15, 0.2) is 53.1 Å². The Balaban J connectivity index is 1.38. The van der Waals surface area contributed by atoms with Crippen LogP contribution in [0.4, 0.5) is 10.1 Å². The molecule has 1 fully saturated rings. The third-order valence-electron chi connectivity index (χ3n) is 4.82. The number of carbonyl (C=O) groups is 2. The number of hydrogen-bond donors (Lipinski definition) is 0. The number of amides is 1. The predicted molar refractivity (Wildman–Crippen MR) is 107 cm³/mol. The first kappa shape index (κ1) is 20.5. The molecule has 0 N–H and O–H groups in total. The van der Waals surface area contributed by atoms with Gasteiger partial charge in [-0.1, -0.05) is 17.3 Å². The Morgan fingerprint density at radius 3 is 2.81 bits per heavy atom. The third-order valence-corrected chi connectivity index (χ3v) is 4.82. The number of esters is 1. The molecule has 1 aromatic heterocycles. The van der Waals surface area contributed by atoms with Crippen LogP contribution in [0.5, 0.6) is 5.75 Å². The van der Waals surface area contributed by atoms with Crippen LogP contribution in [0.1, 0.15) is 41.3 Å². The Labute approximate surface area is 177 Å². The van der Waals surface area contributed by atoms with Gasteiger partial charge in [0.05, 0.1) is 6.61 Å². The first-order chi connectivity index (χ1) is 15.0. The minimum Gasteiger partial charge on any atom is -0.489 e. The van der Waals surface area contributed by atoms with Crippen LogP contribution in [-0.4, -0.2) is 35.2 Å². The highest BCUT2D eigenvalue weighted by Crippen LogP contribution is 2.31. The van der Waals surface area contributed by atoms with E-state index in [0.717, 1.165) is 5.56 Å². The SMILES string of the molecule is CCOC(=O)c1nc(C2CC(=O)N(c3ccc(OCc4cccc(F)c4)cc3)C2)no1. The van der Waals surface area contributed by atoms with Gasteiger partial charge in [0.2, 0.25) is 5.91 Å². The molecule has 0 saturated carbocycles. The highest BCUT2D eigenvalue weighted by atomic mass is 19.1. The molecule has 1 atom stereocenters. The van der Waals surface area contributed by atoms with Gasteiger partial charge in [0.25, 0.3) is 0 Å². The second-order valence-electron chi connectivity index (χ2n) is 7.00. The number of halogens is 1. The van der Waals surface area contributed by atoms with E-state index in [4.69, 9.17) is 14.0 Å². The molecule has 1 amide bonds. The fraction of sp³-hybridized carbons (Fsp3) is 0.273. The molecular formula is C22H20FN3O5. The molecule has 1 unspecified atom stereocenters. The fourth-order valence-electron chi connectivity index (χ4n) is 3.32. The van der Waals surface area contributed by atoms with Crippen molar-refractivity contribution in [2.75, 3.05) is 18.1 Å². The van der Waals surface area contributed by atoms with Gasteiger partial charge in [-0.3, -0.25) is 4.79 Å². The molecule has 0 aliphatic carbocycles. The number of nitrogens with zero attached hydrogens (tertiary/aromatic N) is 3. The number of anilines is 1. The van der Waals surface area contributed by atoms with Crippen molar-refractivity contribution < 1.29 is 28.0 Å². The quantitative estimate of drug-likeness (QED) is 0.535. The summed E-state index contributed by atoms with van der Waals surface area (Å²) >= 11 is 0. The lowest BCUT2D eigenvalue weighted by atomic mass is 10.1. The number of ether oxygens (including phenoxy) is 2. The molecular weight excluding hydrogens is 405 g/mol. The minimum absolute atomic E-state index is 0.0825. The summed E-state index contributed by atoms with van der Waals surface area (Å²) in [6.45, 7) is 2.49. The van der Waals surface area contributed by atoms with Crippen molar-refractivity contribution in [2.24, 2.45) is 0 Å². The molecule has 8 nitrogen and oxygen atoms in total. The molecule has 3 aromatic rings. The summed E-state index contributed by atoms with van der Waals surface area (Å²) in [7, 11) is 0. The first-order valence-corrected chi connectivity index (χ1v) is 9.82. The third kappa shape index (κ3) is 4.71. The number of carbonyl (C=O) groups excluding carboxylic acids is 2. The van der Waals surface area contributed by atoms with Crippen LogP contribution in [0, 0.1) is 5.82 Å². The first-order valence-electron chi connectivity index (χ1n) is 9.82. The van der Waals surface area contributed by atoms with Gasteiger partial charge < -0.3 is 18.9 Å². The average molecular weight is 425 g/mol. The fourth-order valence-corrected chi connectivity index (χ4v) is 3.32. The summed E-state index contributed by atoms with van der Waals surface area (Å²) in [6.07, 6.45) is 0.208. The van der Waals surface area contributed by atoms with E-state index in [0.29, 0.717) is 23.8 Å². The molecule has 1 aliphatic rings. The van der Waals surface area contributed by atoms with Crippen LogP contribution in [0.25, 0.3) is 0 Å². The van der Waals surface area contributed by atoms with Crippen LogP contribution in [0.3, 0.4) is 0 Å². The summed E-state index contributed by atoms with van der Waals surface area (Å²) in [6, 6.07) is 13.3. The van der Waals surface area contributed by atoms with E-state index in [-0.39, 0.29) is 43.2 Å². The lowest BCUT2D eigenvalue weighted by Crippen LogP contribution is -2.24. The van der Waals surface area contributed by atoms with E-state index in [1.54, 1.807) is 48.2 Å². The van der Waals surface area contributed by atoms with E-state index in [2.05, 4.69) is 10.1 Å². The molecule has 4 rings (SSSR count). The largest absolute Gasteiger partial charge is 0.489 e. The Morgan fingerprint density at radius 2 is 2.06 bits per heavy atom. The lowest BCUT2D eigenvalue weighted by Gasteiger charge is -2.16. The van der Waals surface area contributed by atoms with Crippen LogP contribution in [-0.2, 0) is 16.1 Å². The van der Waals surface area contributed by atoms with Gasteiger partial charge in [-0.05, 0) is 48.9 Å². The standard InChI is InChI=1S/C22H20FN3O5/c1-2-29-22(28)21-24-20(25-31-21)15-11-19(27)26(12-15)17-6-8-18(9-7-17)30-13-14-4-3-5-16(23)10-14/h3-10,15H,2,11-13H2,1H3. The Kier molecular flexibility index (Phi) is 5.92. The minimum atomic E-state index is -0.684. The Bertz CT molecular complexity index is 1080. The van der Waals surface area contributed by atoms with Crippen LogP contribution in [0.2, 0.25) is 0 Å². The molecule has 0 spiro atoms. The number of hydrogen-bond acceptors (Lipinski definition) is 7. The zero-order chi connectivity index (χ0) is 21.8. The molecule has 2 heterocycles. The van der Waals surface area contributed by atoms with Crippen molar-refractivity contribution in [1.29, 1.82) is 0 Å². The maximum Gasteiger partial charge on any atom is 0.397 e. The van der Waals surface area contributed by atoms with Gasteiger partial charge in [0.1, 0.15) is 18.2 Å². The second kappa shape index (κ2) is 8.95. The highest BCUT2D eigenvalue weighted by molar-refractivity contribution is 5.96. The van der Waals surface area contributed by atoms with Crippen molar-refractivity contribution in [3.63, 3.8) is 0 Å². The summed E-state index contributed by atoms with van der Waals surface area (Å²) in [5.41, 5.74) is 1.43. The molecule has 0 radical (unpaired) electrons. The Morgan fingerprint density at radius 1 is 1.26 bits per heavy atom. The number of benzene rings is 2. The monoisotopic (exact) mass is 425 g/mol. The van der Waals surface area contributed by atoms with E-state index < -0.39 is 5.97 Å². The predicted octanol–water partition coefficient (Wildman–Crippen LogP) is 3.48. The molecule has 1 aliphatic heterocycles. The summed E-state index contributed by atoms with van der Waals surface area (Å²) in [4.78, 5) is 29.9. The molecule has 1 saturated heterocycles. The number of rotatable bonds is 7. The van der Waals surface area contributed by atoms with Gasteiger partial charge in [0, 0.05) is 24.6 Å². The van der Waals surface area contributed by atoms with Crippen LogP contribution < -0.4 is 9.64 Å². The van der Waals surface area contributed by atoms with E-state index in [1.807, 2.05) is 0 Å². The number of aromatic nitrogens is 2. The van der Waals surface area contributed by atoms with E-state index in [9.17, 15) is 14.0 Å². The highest BCUT2D eigenvalue weighted by Gasteiger charge is 2.35. The van der Waals surface area contributed by atoms with Crippen molar-refractivity contribution in [3.8, 4) is 5.75 Å². The van der Waals surface area contributed by atoms with Crippen molar-refractivity contribution in [1.82, 2.24) is 10.1 Å². The molecule has 2 aromatic carbocycles. The van der Waals surface area contributed by atoms with Gasteiger partial charge in [-0.15, -0.1) is 0 Å². The summed E-state index contributed by atoms with van der Waals surface area (Å²) < 4.78 is 28.7. The molecule has 160 valence electrons. The maximum absolute atomic E-state index is 13.3. The van der Waals surface area contributed by atoms with E-state index in [1.165, 1.54) is 12.1 Å². The van der Waals surface area contributed by atoms with Gasteiger partial charge in [-0.25, -0.2) is 9.18 Å². The van der Waals surface area contributed by atoms with Crippen molar-refractivity contribution in [2.45, 2.75) is 25.9 Å². The zero-order valence-electron chi connectivity index (χ0n) is 16.8. The maximum atomic E-state index is 13.3. The van der Waals surface area contributed by atoms with Crippen LogP contribution >= 0.6 is 0 Å². The van der Waals surface area contributed by atoms with Gasteiger partial charge in [-0.2, -0.15) is 4.98 Å². The van der Waals surface area contributed by atoms with Crippen molar-refractivity contribution >= 4 is 17.6 Å². The zero-order valence-corrected chi connectivity index (χ0v) is 16.8. The smallest absolute Gasteiger partial charge is 0.397 e. The Hall–Kier alpha value is -3.75. The molecule has 0 bridgehead atoms. The normalized spacial score (nSPS) is 15.9. The topological polar surface area (TPSA) is 94.8 Å². The summed E-state index contributed by atoms with van der Waals surface area (Å²) in [5, 5.41) is 3.82. The van der Waals surface area contributed by atoms with E-state index >= 15 is 0 Å². The summed E-state index contributed by atoms with van der Waals surface area (Å²) in [5.74, 6) is -0.681. The lowest BCUT2D eigenvalue weighted by molar-refractivity contribution is -0.117. The second-order valence-corrected chi connectivity index (χ2v) is 7.00. The van der Waals surface area contributed by atoms with Gasteiger partial charge in [0.15, 0.2) is 5.82 Å². The molecule has 9 heteroatoms. The van der Waals surface area contributed by atoms with Gasteiger partial charge >= 0.3 is 11.9 Å². The van der Waals surface area contributed by atoms with Crippen molar-refractivity contribution in [3.05, 3.63) is 71.6 Å².